The molecule has 6 aromatic rings. The van der Waals surface area contributed by atoms with Gasteiger partial charge in [-0.15, -0.1) is 0 Å². The van der Waals surface area contributed by atoms with Gasteiger partial charge >= 0.3 is 24.9 Å². The largest absolute Gasteiger partial charge is 0.497 e. The molecule has 2 N–H and O–H groups in total. The van der Waals surface area contributed by atoms with Crippen LogP contribution in [-0.4, -0.2) is 96.7 Å². The molecule has 0 radical (unpaired) electrons. The quantitative estimate of drug-likeness (QED) is 0.0588. The highest BCUT2D eigenvalue weighted by atomic mass is 31.2. The molecule has 374 valence electrons. The molecule has 21 heteroatoms. The Balaban J connectivity index is 1.15. The zero-order valence-corrected chi connectivity index (χ0v) is 40.4. The van der Waals surface area contributed by atoms with Gasteiger partial charge in [-0.3, -0.25) is 33.3 Å². The van der Waals surface area contributed by atoms with Gasteiger partial charge in [0.2, 0.25) is 6.29 Å². The first-order chi connectivity index (χ1) is 34.2. The van der Waals surface area contributed by atoms with Crippen LogP contribution in [-0.2, 0) is 47.6 Å². The number of aromatic nitrogens is 4. The van der Waals surface area contributed by atoms with Gasteiger partial charge in [-0.25, -0.2) is 14.4 Å². The minimum atomic E-state index is -4.50. The fourth-order valence-electron chi connectivity index (χ4n) is 8.66. The van der Waals surface area contributed by atoms with E-state index in [9.17, 15) is 24.0 Å². The smallest absolute Gasteiger partial charge is 0.359 e. The molecule has 0 amide bonds. The fourth-order valence-corrected chi connectivity index (χ4v) is 10.1. The van der Waals surface area contributed by atoms with Crippen LogP contribution in [0.4, 0.5) is 0 Å². The summed E-state index contributed by atoms with van der Waals surface area (Å²) in [6, 6.07) is 33.4. The van der Waals surface area contributed by atoms with E-state index in [1.165, 1.54) is 50.1 Å². The molecule has 2 unspecified atom stereocenters. The molecule has 0 aliphatic carbocycles. The average Bonchev–Trinajstić information content (AvgIpc) is 3.94. The standard InChI is InChI=1S/C50H53N4O16P/c1-30-28-54(49(59)52-44(30)56)41-27-38(39(67-41)29-65-50(33-15-11-8-12-16-33,34-17-21-36(61-3)22-18-34)35-19-23-37(62-4)24-20-35)70-71(60,64-6)31(2)66-47-43(68-46(57)32-13-9-7-10-14-32)42(63-5)45(69-47)53-26-25-40(55)51-48(53)58/h7-26,28,31,38-39,41-43,45,47H,27,29H2,1-6H3,(H,51,55,58)(H,52,56,59)/t31?,38-,39+,41+,42+,43-,45+,47-,71?/m0/s1. The molecule has 2 aliphatic rings. The summed E-state index contributed by atoms with van der Waals surface area (Å²) in [5.74, 6) is -1.07. The molecule has 8 rings (SSSR count). The van der Waals surface area contributed by atoms with Gasteiger partial charge < -0.3 is 46.9 Å². The van der Waals surface area contributed by atoms with Crippen molar-refractivity contribution in [3.05, 3.63) is 197 Å². The summed E-state index contributed by atoms with van der Waals surface area (Å²) in [5, 5.41) is 0. The van der Waals surface area contributed by atoms with E-state index in [1.807, 2.05) is 78.9 Å². The van der Waals surface area contributed by atoms with Crippen molar-refractivity contribution in [3.63, 3.8) is 0 Å². The van der Waals surface area contributed by atoms with Gasteiger partial charge in [0.1, 0.15) is 41.6 Å². The second kappa shape index (κ2) is 21.7. The van der Waals surface area contributed by atoms with E-state index < -0.39 is 90.7 Å². The molecule has 71 heavy (non-hydrogen) atoms. The van der Waals surface area contributed by atoms with E-state index in [0.717, 1.165) is 23.3 Å². The van der Waals surface area contributed by atoms with Crippen molar-refractivity contribution in [2.24, 2.45) is 0 Å². The molecule has 2 fully saturated rings. The number of carbonyl (C=O) groups is 1. The second-order valence-corrected chi connectivity index (χ2v) is 19.0. The van der Waals surface area contributed by atoms with Crippen LogP contribution in [0.2, 0.25) is 0 Å². The third-order valence-corrected chi connectivity index (χ3v) is 14.5. The minimum absolute atomic E-state index is 0.108. The Kier molecular flexibility index (Phi) is 15.5. The van der Waals surface area contributed by atoms with Crippen LogP contribution < -0.4 is 32.0 Å². The third-order valence-electron chi connectivity index (χ3n) is 12.4. The third kappa shape index (κ3) is 10.5. The summed E-state index contributed by atoms with van der Waals surface area (Å²) in [7, 11) is 1.10. The van der Waals surface area contributed by atoms with Crippen LogP contribution >= 0.6 is 7.60 Å². The van der Waals surface area contributed by atoms with Crippen LogP contribution in [0.3, 0.4) is 0 Å². The van der Waals surface area contributed by atoms with E-state index in [2.05, 4.69) is 9.97 Å². The molecule has 9 atom stereocenters. The van der Waals surface area contributed by atoms with E-state index in [-0.39, 0.29) is 24.2 Å². The highest BCUT2D eigenvalue weighted by molar-refractivity contribution is 7.54. The summed E-state index contributed by atoms with van der Waals surface area (Å²) in [4.78, 5) is 69.0. The van der Waals surface area contributed by atoms with Crippen LogP contribution in [0.1, 0.15) is 58.4 Å². The lowest BCUT2D eigenvalue weighted by Crippen LogP contribution is -2.41. The zero-order chi connectivity index (χ0) is 50.5. The van der Waals surface area contributed by atoms with E-state index >= 15 is 4.57 Å². The van der Waals surface area contributed by atoms with Gasteiger partial charge in [0, 0.05) is 44.7 Å². The maximum absolute atomic E-state index is 15.2. The van der Waals surface area contributed by atoms with Gasteiger partial charge in [0.05, 0.1) is 26.4 Å². The number of benzene rings is 4. The SMILES string of the molecule is COc1ccc(C(OC[C@H]2O[C@@H](n3cc(C)c(=O)[nH]c3=O)C[C@@H]2OP(=O)(OC)C(C)O[C@H]2O[C@@H](n3ccc(=O)[nH]c3=O)[C@H](OC)[C@@H]2OC(=O)c2ccccc2)(c2ccccc2)c2ccc(OC)cc2)cc1. The highest BCUT2D eigenvalue weighted by Crippen LogP contribution is 2.57. The number of ether oxygens (including phenoxy) is 8. The van der Waals surface area contributed by atoms with Crippen LogP contribution in [0, 0.1) is 6.92 Å². The first kappa shape index (κ1) is 50.6. The topological polar surface area (TPSA) is 236 Å². The molecular weight excluding hydrogens is 944 g/mol. The van der Waals surface area contributed by atoms with Crippen molar-refractivity contribution in [1.82, 2.24) is 19.1 Å². The Morgan fingerprint density at radius 2 is 1.35 bits per heavy atom. The first-order valence-corrected chi connectivity index (χ1v) is 24.0. The lowest BCUT2D eigenvalue weighted by molar-refractivity contribution is -0.187. The Hall–Kier alpha value is -6.74. The summed E-state index contributed by atoms with van der Waals surface area (Å²) in [6.45, 7) is 2.68. The predicted octanol–water partition coefficient (Wildman–Crippen LogP) is 5.39. The Morgan fingerprint density at radius 3 is 1.93 bits per heavy atom. The van der Waals surface area contributed by atoms with Gasteiger partial charge in [-0.1, -0.05) is 72.8 Å². The van der Waals surface area contributed by atoms with E-state index in [0.29, 0.717) is 22.6 Å². The summed E-state index contributed by atoms with van der Waals surface area (Å²) < 4.78 is 78.7. The van der Waals surface area contributed by atoms with E-state index in [1.54, 1.807) is 32.4 Å². The molecule has 2 aliphatic heterocycles. The van der Waals surface area contributed by atoms with E-state index in [4.69, 9.17) is 46.9 Å². The van der Waals surface area contributed by atoms with Gasteiger partial charge in [0.25, 0.3) is 11.1 Å². The number of aromatic amines is 2. The predicted molar refractivity (Wildman–Crippen MR) is 255 cm³/mol. The minimum Gasteiger partial charge on any atom is -0.497 e. The molecule has 4 heterocycles. The van der Waals surface area contributed by atoms with Gasteiger partial charge in [-0.05, 0) is 66.9 Å². The Bertz CT molecular complexity index is 3020. The fraction of sp³-hybridized carbons (Fsp3) is 0.340. The van der Waals surface area contributed by atoms with Crippen molar-refractivity contribution in [1.29, 1.82) is 0 Å². The number of nitrogens with zero attached hydrogens (tertiary/aromatic N) is 2. The molecular formula is C50H53N4O16P. The second-order valence-electron chi connectivity index (χ2n) is 16.6. The summed E-state index contributed by atoms with van der Waals surface area (Å²) in [5.41, 5.74) is -1.65. The maximum Gasteiger partial charge on any atom is 0.359 e. The number of methoxy groups -OCH3 is 3. The van der Waals surface area contributed by atoms with Crippen molar-refractivity contribution in [2.45, 2.75) is 74.9 Å². The highest BCUT2D eigenvalue weighted by Gasteiger charge is 2.53. The number of hydrogen-bond donors (Lipinski definition) is 2. The average molecular weight is 997 g/mol. The van der Waals surface area contributed by atoms with Crippen LogP contribution in [0.25, 0.3) is 0 Å². The zero-order valence-electron chi connectivity index (χ0n) is 39.5. The molecule has 0 bridgehead atoms. The van der Waals surface area contributed by atoms with Gasteiger partial charge in [0.15, 0.2) is 18.2 Å². The number of esters is 1. The first-order valence-electron chi connectivity index (χ1n) is 22.4. The number of carbonyl (C=O) groups excluding carboxylic acids is 1. The van der Waals surface area contributed by atoms with Crippen LogP contribution in [0.5, 0.6) is 11.5 Å². The molecule has 20 nitrogen and oxygen atoms in total. The van der Waals surface area contributed by atoms with Crippen LogP contribution in [0.15, 0.2) is 147 Å². The molecule has 2 saturated heterocycles. The van der Waals surface area contributed by atoms with Crippen molar-refractivity contribution < 1.29 is 56.3 Å². The lowest BCUT2D eigenvalue weighted by atomic mass is 9.80. The monoisotopic (exact) mass is 996 g/mol. The lowest BCUT2D eigenvalue weighted by Gasteiger charge is -2.37. The molecule has 4 aromatic carbocycles. The molecule has 2 aromatic heterocycles. The Labute approximate surface area is 406 Å². The maximum atomic E-state index is 15.2. The number of H-pyrrole nitrogens is 2. The normalized spacial score (nSPS) is 22.4. The Morgan fingerprint density at radius 1 is 0.761 bits per heavy atom. The molecule has 0 spiro atoms. The molecule has 0 saturated carbocycles. The number of nitrogens with one attached hydrogen (secondary N) is 2. The number of rotatable bonds is 19. The number of hydrogen-bond acceptors (Lipinski definition) is 16. The van der Waals surface area contributed by atoms with Crippen molar-refractivity contribution >= 4 is 13.6 Å². The van der Waals surface area contributed by atoms with Gasteiger partial charge in [-0.2, -0.15) is 0 Å². The summed E-state index contributed by atoms with van der Waals surface area (Å²) in [6.07, 6.45) is -6.41. The van der Waals surface area contributed by atoms with Crippen molar-refractivity contribution in [3.8, 4) is 11.5 Å². The summed E-state index contributed by atoms with van der Waals surface area (Å²) >= 11 is 0. The van der Waals surface area contributed by atoms with Crippen molar-refractivity contribution in [2.75, 3.05) is 35.0 Å². The number of aryl methyl sites for hydroxylation is 1.